The van der Waals surface area contributed by atoms with E-state index in [4.69, 9.17) is 14.5 Å². The minimum absolute atomic E-state index is 0.0315. The van der Waals surface area contributed by atoms with Crippen LogP contribution < -0.4 is 4.74 Å². The van der Waals surface area contributed by atoms with Gasteiger partial charge in [0.1, 0.15) is 11.7 Å². The molecule has 1 aromatic carbocycles. The number of benzene rings is 1. The zero-order valence-corrected chi connectivity index (χ0v) is 17.3. The minimum Gasteiger partial charge on any atom is -0.497 e. The van der Waals surface area contributed by atoms with Crippen LogP contribution in [-0.4, -0.2) is 36.7 Å². The normalized spacial score (nSPS) is 23.5. The van der Waals surface area contributed by atoms with Crippen LogP contribution in [0.2, 0.25) is 0 Å². The van der Waals surface area contributed by atoms with Crippen molar-refractivity contribution in [3.05, 3.63) is 71.2 Å². The molecule has 0 saturated carbocycles. The van der Waals surface area contributed by atoms with Gasteiger partial charge in [-0.1, -0.05) is 12.1 Å². The second-order valence-electron chi connectivity index (χ2n) is 7.67. The summed E-state index contributed by atoms with van der Waals surface area (Å²) >= 11 is 0. The van der Waals surface area contributed by atoms with Gasteiger partial charge in [-0.05, 0) is 54.7 Å². The molecule has 1 aromatic heterocycles. The van der Waals surface area contributed by atoms with Gasteiger partial charge in [0.25, 0.3) is 0 Å². The summed E-state index contributed by atoms with van der Waals surface area (Å²) in [5.74, 6) is -0.536. The Kier molecular flexibility index (Phi) is 5.48. The number of esters is 1. The Bertz CT molecular complexity index is 1020. The first-order valence-electron chi connectivity index (χ1n) is 9.96. The van der Waals surface area contributed by atoms with E-state index >= 15 is 0 Å². The minimum atomic E-state index is -0.613. The standard InChI is InChI=1S/C24H24N2O4/c1-14-21(24(28)30-3)22(16-8-10-25-11-9-16)23-19(26-14)12-17(13-20(23)27)15-4-6-18(29-2)7-5-15/h4-11,17,21-22H,12-13H2,1-3H3/t17-,21?,22-/m1/s1. The lowest BCUT2D eigenvalue weighted by atomic mass is 9.69. The zero-order chi connectivity index (χ0) is 21.3. The first kappa shape index (κ1) is 20.0. The lowest BCUT2D eigenvalue weighted by Gasteiger charge is -2.36. The quantitative estimate of drug-likeness (QED) is 0.724. The molecular weight excluding hydrogens is 380 g/mol. The lowest BCUT2D eigenvalue weighted by molar-refractivity contribution is -0.143. The van der Waals surface area contributed by atoms with Crippen molar-refractivity contribution in [2.45, 2.75) is 31.6 Å². The Labute approximate surface area is 175 Å². The van der Waals surface area contributed by atoms with Gasteiger partial charge in [0.2, 0.25) is 0 Å². The average Bonchev–Trinajstić information content (AvgIpc) is 2.78. The SMILES string of the molecule is COC(=O)C1C(C)=NC2=C(C(=O)C[C@H](c3ccc(OC)cc3)C2)[C@@H]1c1ccncc1. The molecule has 30 heavy (non-hydrogen) atoms. The Hall–Kier alpha value is -3.28. The summed E-state index contributed by atoms with van der Waals surface area (Å²) in [4.78, 5) is 34.8. The molecule has 2 heterocycles. The number of methoxy groups -OCH3 is 2. The van der Waals surface area contributed by atoms with E-state index in [1.54, 1.807) is 19.5 Å². The number of aliphatic imine (C=N–C) groups is 1. The Balaban J connectivity index is 1.76. The van der Waals surface area contributed by atoms with Crippen molar-refractivity contribution >= 4 is 17.5 Å². The number of hydrogen-bond acceptors (Lipinski definition) is 6. The van der Waals surface area contributed by atoms with Gasteiger partial charge < -0.3 is 9.47 Å². The largest absolute Gasteiger partial charge is 0.497 e. The van der Waals surface area contributed by atoms with Gasteiger partial charge in [-0.3, -0.25) is 19.6 Å². The van der Waals surface area contributed by atoms with Crippen LogP contribution >= 0.6 is 0 Å². The summed E-state index contributed by atoms with van der Waals surface area (Å²) in [5.41, 5.74) is 4.03. The molecule has 0 bridgehead atoms. The van der Waals surface area contributed by atoms with Crippen LogP contribution in [0, 0.1) is 5.92 Å². The van der Waals surface area contributed by atoms with E-state index in [0.29, 0.717) is 24.1 Å². The number of nitrogens with zero attached hydrogens (tertiary/aromatic N) is 2. The molecule has 0 amide bonds. The molecule has 3 atom stereocenters. The summed E-state index contributed by atoms with van der Waals surface area (Å²) in [5, 5.41) is 0. The number of rotatable bonds is 4. The number of aromatic nitrogens is 1. The number of ether oxygens (including phenoxy) is 2. The van der Waals surface area contributed by atoms with Gasteiger partial charge >= 0.3 is 5.97 Å². The summed E-state index contributed by atoms with van der Waals surface area (Å²) in [6.45, 7) is 1.83. The molecule has 1 aliphatic carbocycles. The molecular formula is C24H24N2O4. The van der Waals surface area contributed by atoms with Crippen molar-refractivity contribution in [2.75, 3.05) is 14.2 Å². The highest BCUT2D eigenvalue weighted by Gasteiger charge is 2.44. The van der Waals surface area contributed by atoms with Crippen LogP contribution in [0.3, 0.4) is 0 Å². The van der Waals surface area contributed by atoms with Crippen LogP contribution in [0.25, 0.3) is 0 Å². The maximum Gasteiger partial charge on any atom is 0.315 e. The maximum absolute atomic E-state index is 13.4. The molecule has 0 fully saturated rings. The molecule has 0 saturated heterocycles. The molecule has 2 aliphatic rings. The number of hydrogen-bond donors (Lipinski definition) is 0. The van der Waals surface area contributed by atoms with Crippen LogP contribution in [0.15, 0.2) is 65.1 Å². The highest BCUT2D eigenvalue weighted by atomic mass is 16.5. The molecule has 154 valence electrons. The van der Waals surface area contributed by atoms with Crippen LogP contribution in [0.1, 0.15) is 42.7 Å². The van der Waals surface area contributed by atoms with Crippen molar-refractivity contribution in [1.82, 2.24) is 4.98 Å². The second-order valence-corrected chi connectivity index (χ2v) is 7.67. The number of carbonyl (C=O) groups excluding carboxylic acids is 2. The van der Waals surface area contributed by atoms with E-state index in [1.165, 1.54) is 7.11 Å². The summed E-state index contributed by atoms with van der Waals surface area (Å²) in [6.07, 6.45) is 4.40. The predicted octanol–water partition coefficient (Wildman–Crippen LogP) is 3.84. The van der Waals surface area contributed by atoms with E-state index in [2.05, 4.69) is 4.98 Å². The van der Waals surface area contributed by atoms with Crippen molar-refractivity contribution in [1.29, 1.82) is 0 Å². The fraction of sp³-hybridized carbons (Fsp3) is 0.333. The molecule has 1 aliphatic heterocycles. The molecule has 6 heteroatoms. The Morgan fingerprint density at radius 2 is 1.70 bits per heavy atom. The third-order valence-electron chi connectivity index (χ3n) is 6.00. The number of allylic oxidation sites excluding steroid dienone is 2. The lowest BCUT2D eigenvalue weighted by Crippen LogP contribution is -2.37. The van der Waals surface area contributed by atoms with E-state index in [1.807, 2.05) is 43.3 Å². The van der Waals surface area contributed by atoms with Gasteiger partial charge in [-0.2, -0.15) is 0 Å². The molecule has 2 aromatic rings. The third-order valence-corrected chi connectivity index (χ3v) is 6.00. The maximum atomic E-state index is 13.4. The van der Waals surface area contributed by atoms with Gasteiger partial charge in [-0.15, -0.1) is 0 Å². The van der Waals surface area contributed by atoms with E-state index in [-0.39, 0.29) is 17.7 Å². The van der Waals surface area contributed by atoms with Crippen molar-refractivity contribution in [2.24, 2.45) is 10.9 Å². The molecule has 0 radical (unpaired) electrons. The number of pyridine rings is 1. The van der Waals surface area contributed by atoms with E-state index in [0.717, 1.165) is 22.6 Å². The van der Waals surface area contributed by atoms with Gasteiger partial charge in [-0.25, -0.2) is 0 Å². The van der Waals surface area contributed by atoms with E-state index < -0.39 is 11.8 Å². The van der Waals surface area contributed by atoms with Crippen LogP contribution in [0.4, 0.5) is 0 Å². The van der Waals surface area contributed by atoms with E-state index in [9.17, 15) is 9.59 Å². The summed E-state index contributed by atoms with van der Waals surface area (Å²) in [6, 6.07) is 11.5. The summed E-state index contributed by atoms with van der Waals surface area (Å²) < 4.78 is 10.3. The first-order chi connectivity index (χ1) is 14.5. The topological polar surface area (TPSA) is 77.8 Å². The number of Topliss-reactive ketones (excluding diaryl/α,β-unsaturated/α-hetero) is 1. The Morgan fingerprint density at radius 3 is 2.33 bits per heavy atom. The Morgan fingerprint density at radius 1 is 1.00 bits per heavy atom. The highest BCUT2D eigenvalue weighted by molar-refractivity contribution is 6.09. The average molecular weight is 404 g/mol. The van der Waals surface area contributed by atoms with Crippen LogP contribution in [-0.2, 0) is 14.3 Å². The fourth-order valence-electron chi connectivity index (χ4n) is 4.53. The smallest absolute Gasteiger partial charge is 0.315 e. The molecule has 0 N–H and O–H groups in total. The number of carbonyl (C=O) groups is 2. The van der Waals surface area contributed by atoms with Crippen LogP contribution in [0.5, 0.6) is 5.75 Å². The van der Waals surface area contributed by atoms with Gasteiger partial charge in [0.05, 0.1) is 14.2 Å². The van der Waals surface area contributed by atoms with Gasteiger partial charge in [0.15, 0.2) is 5.78 Å². The molecule has 1 unspecified atom stereocenters. The van der Waals surface area contributed by atoms with Gasteiger partial charge in [0, 0.05) is 41.7 Å². The summed E-state index contributed by atoms with van der Waals surface area (Å²) in [7, 11) is 3.00. The van der Waals surface area contributed by atoms with Crippen molar-refractivity contribution < 1.29 is 19.1 Å². The fourth-order valence-corrected chi connectivity index (χ4v) is 4.53. The highest BCUT2D eigenvalue weighted by Crippen LogP contribution is 2.46. The predicted molar refractivity (Wildman–Crippen MR) is 113 cm³/mol. The second kappa shape index (κ2) is 8.22. The molecule has 0 spiro atoms. The molecule has 4 rings (SSSR count). The first-order valence-corrected chi connectivity index (χ1v) is 9.96. The van der Waals surface area contributed by atoms with Crippen molar-refractivity contribution in [3.63, 3.8) is 0 Å². The van der Waals surface area contributed by atoms with Crippen molar-refractivity contribution in [3.8, 4) is 5.75 Å². The monoisotopic (exact) mass is 404 g/mol. The molecule has 6 nitrogen and oxygen atoms in total. The zero-order valence-electron chi connectivity index (χ0n) is 17.3. The number of ketones is 1. The third kappa shape index (κ3) is 3.54.